The molecule has 0 fully saturated rings. The lowest BCUT2D eigenvalue weighted by atomic mass is 10.2. The van der Waals surface area contributed by atoms with Crippen LogP contribution in [-0.4, -0.2) is 36.6 Å². The van der Waals surface area contributed by atoms with Crippen LogP contribution in [0.25, 0.3) is 0 Å². The van der Waals surface area contributed by atoms with E-state index in [9.17, 15) is 21.8 Å². The largest absolute Gasteiger partial charge is 0.350 e. The summed E-state index contributed by atoms with van der Waals surface area (Å²) in [7, 11) is 0.0456. The smallest absolute Gasteiger partial charge is 0.261 e. The maximum atomic E-state index is 13.4. The van der Waals surface area contributed by atoms with Gasteiger partial charge in [-0.1, -0.05) is 0 Å². The molecule has 1 rings (SSSR count). The maximum absolute atomic E-state index is 13.4. The molecule has 0 bridgehead atoms. The molecule has 2 unspecified atom stereocenters. The van der Waals surface area contributed by atoms with Crippen LogP contribution in [0.5, 0.6) is 0 Å². The quantitative estimate of drug-likeness (QED) is 0.787. The van der Waals surface area contributed by atoms with E-state index >= 15 is 0 Å². The van der Waals surface area contributed by atoms with Gasteiger partial charge in [0.1, 0.15) is 5.82 Å². The summed E-state index contributed by atoms with van der Waals surface area (Å²) in [4.78, 5) is 11.5. The first kappa shape index (κ1) is 18.1. The lowest BCUT2D eigenvalue weighted by molar-refractivity contribution is 0.0938. The van der Waals surface area contributed by atoms with Crippen molar-refractivity contribution < 1.29 is 21.8 Å². The zero-order valence-corrected chi connectivity index (χ0v) is 13.8. The molecule has 1 aromatic rings. The van der Waals surface area contributed by atoms with E-state index in [1.165, 1.54) is 0 Å². The number of amides is 1. The Morgan fingerprint density at radius 3 is 2.57 bits per heavy atom. The average molecular weight is 356 g/mol. The van der Waals surface area contributed by atoms with Crippen molar-refractivity contribution in [1.29, 1.82) is 0 Å². The Hall–Kier alpha value is -0.990. The van der Waals surface area contributed by atoms with Crippen molar-refractivity contribution in [1.82, 2.24) is 5.32 Å². The van der Waals surface area contributed by atoms with Gasteiger partial charge in [-0.05, 0) is 31.5 Å². The topological polar surface area (TPSA) is 80.3 Å². The minimum atomic E-state index is -4.12. The fourth-order valence-electron chi connectivity index (χ4n) is 1.56. The highest BCUT2D eigenvalue weighted by atomic mass is 35.7. The molecular formula is C12H15ClFNO4S2. The van der Waals surface area contributed by atoms with Gasteiger partial charge in [-0.25, -0.2) is 12.8 Å². The maximum Gasteiger partial charge on any atom is 0.261 e. The standard InChI is InChI=1S/C12H15ClFNO4S2/c1-8(3-4-20(2)17)15-12(16)9-5-10(14)7-11(6-9)21(13,18)19/h5-8H,3-4H2,1-2H3,(H,15,16). The SMILES string of the molecule is CC(CCS(C)=O)NC(=O)c1cc(F)cc(S(=O)(=O)Cl)c1. The van der Waals surface area contributed by atoms with Gasteiger partial charge in [0, 0.05) is 45.1 Å². The molecule has 1 amide bonds. The molecule has 2 atom stereocenters. The molecule has 0 aliphatic heterocycles. The van der Waals surface area contributed by atoms with Gasteiger partial charge in [-0.2, -0.15) is 0 Å². The minimum Gasteiger partial charge on any atom is -0.350 e. The summed E-state index contributed by atoms with van der Waals surface area (Å²) in [5.41, 5.74) is -0.140. The third-order valence-electron chi connectivity index (χ3n) is 2.63. The van der Waals surface area contributed by atoms with Crippen molar-refractivity contribution >= 4 is 36.4 Å². The van der Waals surface area contributed by atoms with E-state index in [2.05, 4.69) is 5.32 Å². The molecule has 0 aliphatic carbocycles. The van der Waals surface area contributed by atoms with Gasteiger partial charge >= 0.3 is 0 Å². The highest BCUT2D eigenvalue weighted by Gasteiger charge is 2.17. The molecular weight excluding hydrogens is 341 g/mol. The van der Waals surface area contributed by atoms with Crippen LogP contribution in [0.2, 0.25) is 0 Å². The molecule has 0 spiro atoms. The van der Waals surface area contributed by atoms with E-state index in [0.29, 0.717) is 12.2 Å². The van der Waals surface area contributed by atoms with Gasteiger partial charge < -0.3 is 5.32 Å². The molecule has 5 nitrogen and oxygen atoms in total. The Kier molecular flexibility index (Phi) is 6.30. The highest BCUT2D eigenvalue weighted by Crippen LogP contribution is 2.18. The zero-order chi connectivity index (χ0) is 16.2. The van der Waals surface area contributed by atoms with Gasteiger partial charge in [0.2, 0.25) is 0 Å². The van der Waals surface area contributed by atoms with Gasteiger partial charge in [-0.3, -0.25) is 9.00 Å². The molecule has 1 N–H and O–H groups in total. The van der Waals surface area contributed by atoms with E-state index in [1.54, 1.807) is 13.2 Å². The molecule has 118 valence electrons. The predicted molar refractivity (Wildman–Crippen MR) is 79.9 cm³/mol. The summed E-state index contributed by atoms with van der Waals surface area (Å²) in [6.07, 6.45) is 2.05. The van der Waals surface area contributed by atoms with Crippen LogP contribution in [0.1, 0.15) is 23.7 Å². The minimum absolute atomic E-state index is 0.140. The Labute approximate surface area is 129 Å². The summed E-state index contributed by atoms with van der Waals surface area (Å²) >= 11 is 0. The van der Waals surface area contributed by atoms with Crippen LogP contribution in [0, 0.1) is 5.82 Å². The Morgan fingerprint density at radius 2 is 2.05 bits per heavy atom. The second kappa shape index (κ2) is 7.33. The summed E-state index contributed by atoms with van der Waals surface area (Å²) < 4.78 is 46.7. The number of hydrogen-bond acceptors (Lipinski definition) is 4. The van der Waals surface area contributed by atoms with Crippen molar-refractivity contribution in [3.05, 3.63) is 29.6 Å². The molecule has 1 aromatic carbocycles. The van der Waals surface area contributed by atoms with Crippen molar-refractivity contribution in [2.75, 3.05) is 12.0 Å². The third kappa shape index (κ3) is 6.11. The fraction of sp³-hybridized carbons (Fsp3) is 0.417. The molecule has 0 aromatic heterocycles. The van der Waals surface area contributed by atoms with Gasteiger partial charge in [0.15, 0.2) is 0 Å². The molecule has 0 heterocycles. The molecule has 0 aliphatic rings. The van der Waals surface area contributed by atoms with Gasteiger partial charge in [0.05, 0.1) is 4.90 Å². The summed E-state index contributed by atoms with van der Waals surface area (Å²) in [5.74, 6) is -1.07. The Morgan fingerprint density at radius 1 is 1.43 bits per heavy atom. The van der Waals surface area contributed by atoms with E-state index in [4.69, 9.17) is 10.7 Å². The van der Waals surface area contributed by atoms with Crippen LogP contribution < -0.4 is 5.32 Å². The first-order valence-electron chi connectivity index (χ1n) is 5.95. The first-order chi connectivity index (χ1) is 9.59. The van der Waals surface area contributed by atoms with Gasteiger partial charge in [-0.15, -0.1) is 0 Å². The molecule has 0 saturated carbocycles. The predicted octanol–water partition coefficient (Wildman–Crippen LogP) is 1.64. The number of benzene rings is 1. The van der Waals surface area contributed by atoms with Crippen LogP contribution in [0.3, 0.4) is 0 Å². The number of carbonyl (C=O) groups excluding carboxylic acids is 1. The first-order valence-corrected chi connectivity index (χ1v) is 9.99. The van der Waals surface area contributed by atoms with E-state index in [0.717, 1.165) is 18.2 Å². The number of hydrogen-bond donors (Lipinski definition) is 1. The second-order valence-electron chi connectivity index (χ2n) is 4.55. The molecule has 21 heavy (non-hydrogen) atoms. The van der Waals surface area contributed by atoms with Crippen molar-refractivity contribution in [3.63, 3.8) is 0 Å². The monoisotopic (exact) mass is 355 g/mol. The summed E-state index contributed by atoms with van der Waals surface area (Å²) in [5, 5.41) is 2.58. The molecule has 0 radical (unpaired) electrons. The zero-order valence-electron chi connectivity index (χ0n) is 11.4. The third-order valence-corrected chi connectivity index (χ3v) is 4.77. The van der Waals surface area contributed by atoms with E-state index < -0.39 is 36.5 Å². The lowest BCUT2D eigenvalue weighted by Gasteiger charge is -2.13. The number of carbonyl (C=O) groups is 1. The lowest BCUT2D eigenvalue weighted by Crippen LogP contribution is -2.33. The van der Waals surface area contributed by atoms with Crippen LogP contribution in [0.4, 0.5) is 4.39 Å². The normalized spacial score (nSPS) is 14.5. The fourth-order valence-corrected chi connectivity index (χ4v) is 3.03. The van der Waals surface area contributed by atoms with E-state index in [-0.39, 0.29) is 11.6 Å². The number of nitrogens with one attached hydrogen (secondary N) is 1. The molecule has 0 saturated heterocycles. The van der Waals surface area contributed by atoms with Crippen LogP contribution in [0.15, 0.2) is 23.1 Å². The molecule has 9 heteroatoms. The van der Waals surface area contributed by atoms with Crippen LogP contribution >= 0.6 is 10.7 Å². The Bertz CT molecular complexity index is 663. The summed E-state index contributed by atoms with van der Waals surface area (Å²) in [6.45, 7) is 1.71. The number of rotatable bonds is 6. The van der Waals surface area contributed by atoms with Crippen molar-refractivity contribution in [2.45, 2.75) is 24.3 Å². The van der Waals surface area contributed by atoms with Crippen LogP contribution in [-0.2, 0) is 19.9 Å². The average Bonchev–Trinajstić information content (AvgIpc) is 2.34. The Balaban J connectivity index is 2.88. The highest BCUT2D eigenvalue weighted by molar-refractivity contribution is 8.13. The van der Waals surface area contributed by atoms with E-state index in [1.807, 2.05) is 0 Å². The van der Waals surface area contributed by atoms with Crippen molar-refractivity contribution in [3.8, 4) is 0 Å². The second-order valence-corrected chi connectivity index (χ2v) is 8.67. The van der Waals surface area contributed by atoms with Crippen molar-refractivity contribution in [2.24, 2.45) is 0 Å². The number of halogens is 2. The summed E-state index contributed by atoms with van der Waals surface area (Å²) in [6, 6.07) is 2.39. The van der Waals surface area contributed by atoms with Gasteiger partial charge in [0.25, 0.3) is 15.0 Å².